The van der Waals surface area contributed by atoms with Crippen LogP contribution in [0.1, 0.15) is 83.6 Å². The number of para-hydroxylation sites is 1. The standard InChI is InChI=1S/C28H41NO3/c1-26-14-5-4-8-20(26)10-11-21-22(26)12-15-27(2)23(21)13-16-28(27,31)18-29-17-19-7-6-9-24(32-3)25(19)30/h6-7,9,17,20-23,30-31H,4-5,8,10-16,18H2,1-3H3/t20-,21+,22+,23+,26-,27-,28+/m0/s1. The van der Waals surface area contributed by atoms with Gasteiger partial charge in [0.2, 0.25) is 0 Å². The molecule has 4 nitrogen and oxygen atoms in total. The van der Waals surface area contributed by atoms with Crippen LogP contribution in [0.15, 0.2) is 23.2 Å². The van der Waals surface area contributed by atoms with Gasteiger partial charge in [-0.1, -0.05) is 32.8 Å². The van der Waals surface area contributed by atoms with Crippen LogP contribution in [-0.4, -0.2) is 35.7 Å². The molecule has 1 aromatic carbocycles. The quantitative estimate of drug-likeness (QED) is 0.567. The van der Waals surface area contributed by atoms with Gasteiger partial charge in [0.15, 0.2) is 11.5 Å². The summed E-state index contributed by atoms with van der Waals surface area (Å²) in [6, 6.07) is 5.42. The Balaban J connectivity index is 1.34. The number of methoxy groups -OCH3 is 1. The number of fused-ring (bicyclic) bond motifs is 5. The molecule has 1 aromatic rings. The molecule has 0 aromatic heterocycles. The van der Waals surface area contributed by atoms with Crippen molar-refractivity contribution in [1.29, 1.82) is 0 Å². The molecule has 4 fully saturated rings. The average molecular weight is 440 g/mol. The van der Waals surface area contributed by atoms with Crippen molar-refractivity contribution in [3.8, 4) is 11.5 Å². The second-order valence-corrected chi connectivity index (χ2v) is 11.8. The molecule has 4 heteroatoms. The van der Waals surface area contributed by atoms with Crippen molar-refractivity contribution in [2.45, 2.75) is 83.7 Å². The third-order valence-electron chi connectivity index (χ3n) is 10.7. The third-order valence-corrected chi connectivity index (χ3v) is 10.7. The van der Waals surface area contributed by atoms with Crippen LogP contribution in [0.25, 0.3) is 0 Å². The van der Waals surface area contributed by atoms with E-state index in [1.54, 1.807) is 19.4 Å². The highest BCUT2D eigenvalue weighted by Gasteiger charge is 2.64. The van der Waals surface area contributed by atoms with E-state index in [1.807, 2.05) is 12.1 Å². The monoisotopic (exact) mass is 439 g/mol. The van der Waals surface area contributed by atoms with Crippen LogP contribution in [-0.2, 0) is 0 Å². The zero-order chi connectivity index (χ0) is 22.6. The van der Waals surface area contributed by atoms with Crippen molar-refractivity contribution in [2.24, 2.45) is 39.5 Å². The molecule has 4 saturated carbocycles. The molecular weight excluding hydrogens is 398 g/mol. The van der Waals surface area contributed by atoms with Crippen molar-refractivity contribution in [1.82, 2.24) is 0 Å². The molecule has 176 valence electrons. The van der Waals surface area contributed by atoms with E-state index in [4.69, 9.17) is 4.74 Å². The third kappa shape index (κ3) is 3.23. The molecule has 4 aliphatic rings. The average Bonchev–Trinajstić information content (AvgIpc) is 3.05. The number of phenolic OH excluding ortho intramolecular Hbond substituents is 1. The van der Waals surface area contributed by atoms with Crippen LogP contribution in [0.5, 0.6) is 11.5 Å². The summed E-state index contributed by atoms with van der Waals surface area (Å²) in [6.07, 6.45) is 14.5. The number of hydrogen-bond acceptors (Lipinski definition) is 4. The molecule has 2 N–H and O–H groups in total. The molecule has 4 aliphatic carbocycles. The maximum absolute atomic E-state index is 11.9. The Labute approximate surface area is 193 Å². The normalized spacial score (nSPS) is 43.5. The van der Waals surface area contributed by atoms with Gasteiger partial charge < -0.3 is 14.9 Å². The number of ether oxygens (including phenoxy) is 1. The van der Waals surface area contributed by atoms with Gasteiger partial charge in [0.05, 0.1) is 19.3 Å². The molecule has 0 aliphatic heterocycles. The van der Waals surface area contributed by atoms with Gasteiger partial charge >= 0.3 is 0 Å². The molecule has 0 saturated heterocycles. The molecule has 7 atom stereocenters. The SMILES string of the molecule is COc1cccc(C=NC[C@]2(O)CC[C@@H]3[C@@H]4CC[C@@H]5CCCC[C@]5(C)[C@@H]4CC[C@@]32C)c1O. The second kappa shape index (κ2) is 8.04. The Kier molecular flexibility index (Phi) is 5.59. The van der Waals surface area contributed by atoms with Gasteiger partial charge in [-0.3, -0.25) is 4.99 Å². The Morgan fingerprint density at radius 1 is 1.03 bits per heavy atom. The molecule has 32 heavy (non-hydrogen) atoms. The fourth-order valence-electron chi connectivity index (χ4n) is 8.77. The van der Waals surface area contributed by atoms with Gasteiger partial charge in [-0.15, -0.1) is 0 Å². The first-order chi connectivity index (χ1) is 15.3. The first-order valence-corrected chi connectivity index (χ1v) is 12.9. The van der Waals surface area contributed by atoms with Crippen LogP contribution in [0.3, 0.4) is 0 Å². The summed E-state index contributed by atoms with van der Waals surface area (Å²) in [6.45, 7) is 5.38. The molecule has 0 unspecified atom stereocenters. The molecular formula is C28H41NO3. The van der Waals surface area contributed by atoms with Crippen molar-refractivity contribution in [3.05, 3.63) is 23.8 Å². The summed E-state index contributed by atoms with van der Waals surface area (Å²) in [4.78, 5) is 4.66. The number of benzene rings is 1. The molecule has 0 bridgehead atoms. The maximum Gasteiger partial charge on any atom is 0.166 e. The maximum atomic E-state index is 11.9. The first kappa shape index (κ1) is 22.3. The zero-order valence-corrected chi connectivity index (χ0v) is 20.1. The fraction of sp³-hybridized carbons (Fsp3) is 0.750. The summed E-state index contributed by atoms with van der Waals surface area (Å²) in [5.41, 5.74) is 0.364. The van der Waals surface area contributed by atoms with Crippen molar-refractivity contribution in [3.63, 3.8) is 0 Å². The number of hydrogen-bond donors (Lipinski definition) is 2. The van der Waals surface area contributed by atoms with Gasteiger partial charge in [-0.05, 0) is 92.6 Å². The van der Waals surface area contributed by atoms with Crippen LogP contribution in [0.2, 0.25) is 0 Å². The predicted octanol–water partition coefficient (Wildman–Crippen LogP) is 5.98. The Morgan fingerprint density at radius 2 is 1.84 bits per heavy atom. The van der Waals surface area contributed by atoms with Crippen LogP contribution in [0, 0.1) is 34.5 Å². The van der Waals surface area contributed by atoms with E-state index in [0.717, 1.165) is 37.0 Å². The zero-order valence-electron chi connectivity index (χ0n) is 20.1. The number of aromatic hydroxyl groups is 1. The summed E-state index contributed by atoms with van der Waals surface area (Å²) in [7, 11) is 1.55. The largest absolute Gasteiger partial charge is 0.504 e. The van der Waals surface area contributed by atoms with Crippen LogP contribution in [0.4, 0.5) is 0 Å². The topological polar surface area (TPSA) is 62.0 Å². The second-order valence-electron chi connectivity index (χ2n) is 11.8. The van der Waals surface area contributed by atoms with Gasteiger partial charge in [0, 0.05) is 17.2 Å². The molecule has 0 spiro atoms. The molecule has 0 heterocycles. The highest BCUT2D eigenvalue weighted by molar-refractivity contribution is 5.84. The van der Waals surface area contributed by atoms with Gasteiger partial charge in [0.1, 0.15) is 0 Å². The number of phenols is 1. The Bertz CT molecular complexity index is 883. The Morgan fingerprint density at radius 3 is 2.66 bits per heavy atom. The van der Waals surface area contributed by atoms with E-state index in [1.165, 1.54) is 44.9 Å². The lowest BCUT2D eigenvalue weighted by atomic mass is 9.44. The number of rotatable bonds is 4. The number of nitrogens with zero attached hydrogens (tertiary/aromatic N) is 1. The van der Waals surface area contributed by atoms with Gasteiger partial charge in [-0.2, -0.15) is 0 Å². The minimum absolute atomic E-state index is 0.0558. The smallest absolute Gasteiger partial charge is 0.166 e. The lowest BCUT2D eigenvalue weighted by Crippen LogP contribution is -2.56. The lowest BCUT2D eigenvalue weighted by Gasteiger charge is -2.61. The van der Waals surface area contributed by atoms with Crippen molar-refractivity contribution in [2.75, 3.05) is 13.7 Å². The van der Waals surface area contributed by atoms with E-state index in [9.17, 15) is 10.2 Å². The Hall–Kier alpha value is -1.55. The van der Waals surface area contributed by atoms with E-state index in [-0.39, 0.29) is 11.2 Å². The van der Waals surface area contributed by atoms with Crippen LogP contribution < -0.4 is 4.74 Å². The highest BCUT2D eigenvalue weighted by atomic mass is 16.5. The van der Waals surface area contributed by atoms with Gasteiger partial charge in [-0.25, -0.2) is 0 Å². The molecule has 0 radical (unpaired) electrons. The van der Waals surface area contributed by atoms with E-state index < -0.39 is 5.60 Å². The van der Waals surface area contributed by atoms with E-state index in [0.29, 0.717) is 29.2 Å². The first-order valence-electron chi connectivity index (χ1n) is 12.9. The minimum atomic E-state index is -0.752. The minimum Gasteiger partial charge on any atom is -0.504 e. The van der Waals surface area contributed by atoms with Crippen LogP contribution >= 0.6 is 0 Å². The van der Waals surface area contributed by atoms with Gasteiger partial charge in [0.25, 0.3) is 0 Å². The number of aliphatic hydroxyl groups is 1. The summed E-state index contributed by atoms with van der Waals surface area (Å²) in [5, 5.41) is 22.2. The molecule has 0 amide bonds. The van der Waals surface area contributed by atoms with E-state index in [2.05, 4.69) is 18.8 Å². The van der Waals surface area contributed by atoms with Crippen molar-refractivity contribution >= 4 is 6.21 Å². The highest BCUT2D eigenvalue weighted by Crippen LogP contribution is 2.68. The van der Waals surface area contributed by atoms with E-state index >= 15 is 0 Å². The number of aliphatic imine (C=N–C) groups is 1. The predicted molar refractivity (Wildman–Crippen MR) is 128 cm³/mol. The van der Waals surface area contributed by atoms with Crippen molar-refractivity contribution < 1.29 is 14.9 Å². The summed E-state index contributed by atoms with van der Waals surface area (Å²) < 4.78 is 5.21. The molecule has 5 rings (SSSR count). The fourth-order valence-corrected chi connectivity index (χ4v) is 8.77. The summed E-state index contributed by atoms with van der Waals surface area (Å²) >= 11 is 0. The lowest BCUT2D eigenvalue weighted by molar-refractivity contribution is -0.147. The summed E-state index contributed by atoms with van der Waals surface area (Å²) in [5.74, 6) is 3.73.